The lowest BCUT2D eigenvalue weighted by Gasteiger charge is -1.95. The summed E-state index contributed by atoms with van der Waals surface area (Å²) < 4.78 is 9.50. The average Bonchev–Trinajstić information content (AvgIpc) is 2.43. The van der Waals surface area contributed by atoms with Gasteiger partial charge in [0.15, 0.2) is 5.78 Å². The quantitative estimate of drug-likeness (QED) is 0.639. The molecule has 0 bridgehead atoms. The number of hydrogen-bond acceptors (Lipinski definition) is 2. The van der Waals surface area contributed by atoms with E-state index in [-0.39, 0.29) is 5.78 Å². The standard InChI is InChI=1S/C8H8O.C6H15N.CH3F/c1-7(9)8-5-3-2-4-6-8;1-3-5-7-6-4-2;1-2/h2-6H,1H3;7H,3-6H2,1-2H3;1H3. The normalized spacial score (nSPS) is 8.50. The molecule has 0 fully saturated rings. The molecule has 3 heteroatoms. The summed E-state index contributed by atoms with van der Waals surface area (Å²) >= 11 is 0. The predicted octanol–water partition coefficient (Wildman–Crippen LogP) is 3.87. The van der Waals surface area contributed by atoms with E-state index < -0.39 is 0 Å². The summed E-state index contributed by atoms with van der Waals surface area (Å²) in [5.41, 5.74) is 0.775. The second-order valence-corrected chi connectivity index (χ2v) is 3.67. The molecule has 0 atom stereocenters. The van der Waals surface area contributed by atoms with Gasteiger partial charge in [-0.2, -0.15) is 0 Å². The molecule has 1 aromatic rings. The van der Waals surface area contributed by atoms with Gasteiger partial charge in [0.2, 0.25) is 0 Å². The monoisotopic (exact) mass is 255 g/mol. The lowest BCUT2D eigenvalue weighted by molar-refractivity contribution is 0.101. The van der Waals surface area contributed by atoms with Gasteiger partial charge in [0, 0.05) is 5.56 Å². The minimum Gasteiger partial charge on any atom is -0.317 e. The number of carbonyl (C=O) groups is 1. The lowest BCUT2D eigenvalue weighted by atomic mass is 10.2. The van der Waals surface area contributed by atoms with Gasteiger partial charge in [-0.1, -0.05) is 44.2 Å². The molecule has 0 aromatic heterocycles. The fourth-order valence-electron chi connectivity index (χ4n) is 1.15. The molecule has 0 saturated heterocycles. The molecular formula is C15H26FNO. The van der Waals surface area contributed by atoms with Crippen LogP contribution < -0.4 is 5.32 Å². The first kappa shape index (κ1) is 19.1. The van der Waals surface area contributed by atoms with Crippen LogP contribution in [0.3, 0.4) is 0 Å². The molecule has 0 spiro atoms. The van der Waals surface area contributed by atoms with Crippen LogP contribution in [0.1, 0.15) is 44.0 Å². The summed E-state index contributed by atoms with van der Waals surface area (Å²) in [4.78, 5) is 10.6. The van der Waals surface area contributed by atoms with Crippen LogP contribution in [0.4, 0.5) is 4.39 Å². The highest BCUT2D eigenvalue weighted by molar-refractivity contribution is 5.93. The van der Waals surface area contributed by atoms with Crippen LogP contribution in [0.15, 0.2) is 30.3 Å². The number of hydrogen-bond donors (Lipinski definition) is 1. The molecule has 0 aliphatic heterocycles. The molecule has 0 unspecified atom stereocenters. The number of ketones is 1. The van der Waals surface area contributed by atoms with Gasteiger partial charge in [0.05, 0.1) is 7.18 Å². The van der Waals surface area contributed by atoms with Crippen LogP contribution in [-0.2, 0) is 0 Å². The molecule has 0 aliphatic rings. The van der Waals surface area contributed by atoms with Crippen molar-refractivity contribution in [3.8, 4) is 0 Å². The van der Waals surface area contributed by atoms with Gasteiger partial charge in [-0.3, -0.25) is 9.18 Å². The molecular weight excluding hydrogens is 229 g/mol. The van der Waals surface area contributed by atoms with Gasteiger partial charge in [-0.25, -0.2) is 0 Å². The lowest BCUT2D eigenvalue weighted by Crippen LogP contribution is -2.14. The first-order valence-electron chi connectivity index (χ1n) is 6.36. The summed E-state index contributed by atoms with van der Waals surface area (Å²) in [5.74, 6) is 0.121. The average molecular weight is 255 g/mol. The van der Waals surface area contributed by atoms with Crippen LogP contribution in [0.2, 0.25) is 0 Å². The van der Waals surface area contributed by atoms with E-state index in [4.69, 9.17) is 0 Å². The second-order valence-electron chi connectivity index (χ2n) is 3.67. The predicted molar refractivity (Wildman–Crippen MR) is 76.9 cm³/mol. The Morgan fingerprint density at radius 2 is 1.50 bits per heavy atom. The van der Waals surface area contributed by atoms with Crippen molar-refractivity contribution in [1.82, 2.24) is 5.32 Å². The minimum atomic E-state index is 0.121. The van der Waals surface area contributed by atoms with Crippen molar-refractivity contribution in [3.05, 3.63) is 35.9 Å². The van der Waals surface area contributed by atoms with Crippen molar-refractivity contribution in [2.24, 2.45) is 0 Å². The highest BCUT2D eigenvalue weighted by atomic mass is 19.1. The topological polar surface area (TPSA) is 29.1 Å². The van der Waals surface area contributed by atoms with E-state index in [0.29, 0.717) is 7.18 Å². The van der Waals surface area contributed by atoms with E-state index in [2.05, 4.69) is 19.2 Å². The summed E-state index contributed by atoms with van der Waals surface area (Å²) in [7, 11) is 0.500. The van der Waals surface area contributed by atoms with E-state index in [1.54, 1.807) is 6.92 Å². The maximum atomic E-state index is 10.6. The zero-order valence-corrected chi connectivity index (χ0v) is 12.0. The summed E-state index contributed by atoms with van der Waals surface area (Å²) in [6, 6.07) is 9.23. The van der Waals surface area contributed by atoms with Gasteiger partial charge >= 0.3 is 0 Å². The summed E-state index contributed by atoms with van der Waals surface area (Å²) in [6.45, 7) is 8.28. The number of Topliss-reactive ketones (excluding diaryl/α,β-unsaturated/α-hetero) is 1. The molecule has 0 aliphatic carbocycles. The number of rotatable bonds is 5. The third-order valence-electron chi connectivity index (χ3n) is 2.03. The molecule has 1 rings (SSSR count). The molecule has 18 heavy (non-hydrogen) atoms. The first-order valence-corrected chi connectivity index (χ1v) is 6.36. The third-order valence-corrected chi connectivity index (χ3v) is 2.03. The molecule has 1 aromatic carbocycles. The van der Waals surface area contributed by atoms with Crippen molar-refractivity contribution in [3.63, 3.8) is 0 Å². The number of halogens is 1. The zero-order chi connectivity index (χ0) is 14.2. The van der Waals surface area contributed by atoms with Gasteiger partial charge in [-0.05, 0) is 32.9 Å². The molecule has 0 radical (unpaired) electrons. The molecule has 2 nitrogen and oxygen atoms in total. The second kappa shape index (κ2) is 15.8. The minimum absolute atomic E-state index is 0.121. The van der Waals surface area contributed by atoms with E-state index in [9.17, 15) is 9.18 Å². The van der Waals surface area contributed by atoms with Crippen LogP contribution in [0, 0.1) is 0 Å². The van der Waals surface area contributed by atoms with Crippen LogP contribution in [0.5, 0.6) is 0 Å². The number of nitrogens with one attached hydrogen (secondary N) is 1. The summed E-state index contributed by atoms with van der Waals surface area (Å²) in [6.07, 6.45) is 2.50. The van der Waals surface area contributed by atoms with Crippen molar-refractivity contribution in [2.75, 3.05) is 20.3 Å². The fourth-order valence-corrected chi connectivity index (χ4v) is 1.15. The van der Waals surface area contributed by atoms with Gasteiger partial charge < -0.3 is 5.32 Å². The van der Waals surface area contributed by atoms with Gasteiger partial charge in [-0.15, -0.1) is 0 Å². The molecule has 104 valence electrons. The maximum Gasteiger partial charge on any atom is 0.159 e. The smallest absolute Gasteiger partial charge is 0.159 e. The van der Waals surface area contributed by atoms with Crippen LogP contribution in [-0.4, -0.2) is 26.1 Å². The number of benzene rings is 1. The number of carbonyl (C=O) groups excluding carboxylic acids is 1. The van der Waals surface area contributed by atoms with Gasteiger partial charge in [0.25, 0.3) is 0 Å². The first-order chi connectivity index (χ1) is 8.72. The number of alkyl halides is 1. The molecule has 0 saturated carbocycles. The van der Waals surface area contributed by atoms with E-state index in [1.165, 1.54) is 25.9 Å². The Labute approximate surface area is 111 Å². The van der Waals surface area contributed by atoms with Crippen molar-refractivity contribution >= 4 is 5.78 Å². The molecule has 0 heterocycles. The van der Waals surface area contributed by atoms with Crippen molar-refractivity contribution in [1.29, 1.82) is 0 Å². The summed E-state index contributed by atoms with van der Waals surface area (Å²) in [5, 5.41) is 3.28. The van der Waals surface area contributed by atoms with E-state index in [1.807, 2.05) is 30.3 Å². The van der Waals surface area contributed by atoms with Crippen LogP contribution >= 0.6 is 0 Å². The maximum absolute atomic E-state index is 10.6. The Bertz CT molecular complexity index is 271. The van der Waals surface area contributed by atoms with Crippen molar-refractivity contribution in [2.45, 2.75) is 33.6 Å². The Morgan fingerprint density at radius 3 is 1.78 bits per heavy atom. The van der Waals surface area contributed by atoms with Gasteiger partial charge in [0.1, 0.15) is 0 Å². The third kappa shape index (κ3) is 12.8. The van der Waals surface area contributed by atoms with Crippen molar-refractivity contribution < 1.29 is 9.18 Å². The Balaban J connectivity index is 0. The molecule has 0 amide bonds. The Morgan fingerprint density at radius 1 is 1.06 bits per heavy atom. The van der Waals surface area contributed by atoms with E-state index in [0.717, 1.165) is 5.56 Å². The van der Waals surface area contributed by atoms with Crippen LogP contribution in [0.25, 0.3) is 0 Å². The SMILES string of the molecule is CC(=O)c1ccccc1.CCCNCCC.CF. The Hall–Kier alpha value is -1.22. The fraction of sp³-hybridized carbons (Fsp3) is 0.533. The zero-order valence-electron chi connectivity index (χ0n) is 12.0. The highest BCUT2D eigenvalue weighted by Crippen LogP contribution is 1.97. The Kier molecular flexibility index (Phi) is 16.8. The molecule has 1 N–H and O–H groups in total. The highest BCUT2D eigenvalue weighted by Gasteiger charge is 1.92. The van der Waals surface area contributed by atoms with E-state index >= 15 is 0 Å². The largest absolute Gasteiger partial charge is 0.317 e.